The summed E-state index contributed by atoms with van der Waals surface area (Å²) in [6, 6.07) is 11.2. The standard InChI is InChI=1S/C29H38ClN3O6S/c1-3-25(29(35)31-22-11-6-5-7-12-22)32(19-21-10-8-9-13-24(21)30)28(34)20-33(40(36,37)4-2)23-14-15-26-27(18-23)39-17-16-38-26/h8-10,13-15,18,22,25H,3-7,11-12,16-17,19-20H2,1-2H3,(H,31,35)/t25-/m0/s1. The second kappa shape index (κ2) is 13.6. The van der Waals surface area contributed by atoms with Gasteiger partial charge in [0.15, 0.2) is 11.5 Å². The summed E-state index contributed by atoms with van der Waals surface area (Å²) >= 11 is 6.45. The van der Waals surface area contributed by atoms with E-state index in [0.29, 0.717) is 41.7 Å². The van der Waals surface area contributed by atoms with Crippen LogP contribution in [0.25, 0.3) is 0 Å². The number of ether oxygens (including phenoxy) is 2. The number of amides is 2. The summed E-state index contributed by atoms with van der Waals surface area (Å²) < 4.78 is 38.8. The van der Waals surface area contributed by atoms with E-state index in [1.54, 1.807) is 36.4 Å². The fourth-order valence-corrected chi connectivity index (χ4v) is 6.43. The normalized spacial score (nSPS) is 16.2. The number of rotatable bonds is 11. The molecule has 1 fully saturated rings. The summed E-state index contributed by atoms with van der Waals surface area (Å²) in [7, 11) is -3.86. The summed E-state index contributed by atoms with van der Waals surface area (Å²) in [5.74, 6) is -0.0188. The van der Waals surface area contributed by atoms with E-state index in [-0.39, 0.29) is 29.9 Å². The average Bonchev–Trinajstić information content (AvgIpc) is 2.96. The maximum Gasteiger partial charge on any atom is 0.244 e. The van der Waals surface area contributed by atoms with Crippen molar-refractivity contribution in [2.24, 2.45) is 0 Å². The number of carbonyl (C=O) groups excluding carboxylic acids is 2. The monoisotopic (exact) mass is 591 g/mol. The van der Waals surface area contributed by atoms with Gasteiger partial charge in [-0.25, -0.2) is 8.42 Å². The zero-order valence-electron chi connectivity index (χ0n) is 23.1. The van der Waals surface area contributed by atoms with E-state index in [1.165, 1.54) is 11.8 Å². The summed E-state index contributed by atoms with van der Waals surface area (Å²) in [6.07, 6.45) is 5.45. The van der Waals surface area contributed by atoms with Gasteiger partial charge >= 0.3 is 0 Å². The van der Waals surface area contributed by atoms with E-state index in [2.05, 4.69) is 5.32 Å². The van der Waals surface area contributed by atoms with Crippen LogP contribution in [0.3, 0.4) is 0 Å². The molecule has 11 heteroatoms. The Morgan fingerprint density at radius 1 is 1.02 bits per heavy atom. The van der Waals surface area contributed by atoms with Gasteiger partial charge in [0.05, 0.1) is 11.4 Å². The minimum atomic E-state index is -3.86. The van der Waals surface area contributed by atoms with Gasteiger partial charge in [0.25, 0.3) is 0 Å². The molecule has 0 radical (unpaired) electrons. The Bertz CT molecular complexity index is 1300. The largest absolute Gasteiger partial charge is 0.486 e. The second-order valence-corrected chi connectivity index (χ2v) is 12.7. The fourth-order valence-electron chi connectivity index (χ4n) is 5.18. The predicted molar refractivity (Wildman–Crippen MR) is 155 cm³/mol. The highest BCUT2D eigenvalue weighted by Gasteiger charge is 2.34. The molecule has 1 aliphatic heterocycles. The number of halogens is 1. The molecule has 1 N–H and O–H groups in total. The van der Waals surface area contributed by atoms with Crippen molar-refractivity contribution < 1.29 is 27.5 Å². The van der Waals surface area contributed by atoms with Crippen molar-refractivity contribution in [3.63, 3.8) is 0 Å². The molecule has 0 aromatic heterocycles. The molecule has 2 aromatic rings. The molecule has 0 unspecified atom stereocenters. The molecule has 2 aliphatic rings. The lowest BCUT2D eigenvalue weighted by molar-refractivity contribution is -0.140. The molecule has 1 aliphatic carbocycles. The third kappa shape index (κ3) is 7.20. The van der Waals surface area contributed by atoms with Crippen molar-refractivity contribution in [3.05, 3.63) is 53.1 Å². The quantitative estimate of drug-likeness (QED) is 0.412. The number of benzene rings is 2. The fraction of sp³-hybridized carbons (Fsp3) is 0.517. The van der Waals surface area contributed by atoms with Crippen LogP contribution in [0.2, 0.25) is 5.02 Å². The highest BCUT2D eigenvalue weighted by molar-refractivity contribution is 7.92. The Labute approximate surface area is 241 Å². The van der Waals surface area contributed by atoms with E-state index in [4.69, 9.17) is 21.1 Å². The lowest BCUT2D eigenvalue weighted by atomic mass is 9.95. The van der Waals surface area contributed by atoms with Gasteiger partial charge in [0, 0.05) is 23.7 Å². The first-order valence-electron chi connectivity index (χ1n) is 14.0. The van der Waals surface area contributed by atoms with Gasteiger partial charge in [-0.05, 0) is 49.9 Å². The third-order valence-corrected chi connectivity index (χ3v) is 9.54. The summed E-state index contributed by atoms with van der Waals surface area (Å²) in [4.78, 5) is 29.0. The SMILES string of the molecule is CC[C@@H](C(=O)NC1CCCCC1)N(Cc1ccccc1Cl)C(=O)CN(c1ccc2c(c1)OCCO2)S(=O)(=O)CC. The van der Waals surface area contributed by atoms with Crippen molar-refractivity contribution in [2.75, 3.05) is 29.8 Å². The van der Waals surface area contributed by atoms with Crippen LogP contribution in [0.4, 0.5) is 5.69 Å². The Kier molecular flexibility index (Phi) is 10.2. The van der Waals surface area contributed by atoms with E-state index < -0.39 is 28.5 Å². The molecule has 4 rings (SSSR count). The zero-order valence-corrected chi connectivity index (χ0v) is 24.7. The highest BCUT2D eigenvalue weighted by atomic mass is 35.5. The Morgan fingerprint density at radius 3 is 2.40 bits per heavy atom. The number of nitrogens with zero attached hydrogens (tertiary/aromatic N) is 2. The lowest BCUT2D eigenvalue weighted by Gasteiger charge is -2.34. The van der Waals surface area contributed by atoms with E-state index in [1.807, 2.05) is 13.0 Å². The number of fused-ring (bicyclic) bond motifs is 1. The first-order valence-corrected chi connectivity index (χ1v) is 16.0. The van der Waals surface area contributed by atoms with Crippen LogP contribution in [0.5, 0.6) is 11.5 Å². The van der Waals surface area contributed by atoms with Crippen LogP contribution in [0.1, 0.15) is 57.9 Å². The van der Waals surface area contributed by atoms with Gasteiger partial charge < -0.3 is 19.7 Å². The average molecular weight is 592 g/mol. The van der Waals surface area contributed by atoms with Gasteiger partial charge in [-0.15, -0.1) is 0 Å². The maximum atomic E-state index is 14.0. The van der Waals surface area contributed by atoms with Crippen molar-refractivity contribution in [3.8, 4) is 11.5 Å². The maximum absolute atomic E-state index is 14.0. The Hall–Kier alpha value is -2.98. The molecule has 0 bridgehead atoms. The molecule has 0 spiro atoms. The van der Waals surface area contributed by atoms with Crippen molar-refractivity contribution >= 4 is 39.1 Å². The zero-order chi connectivity index (χ0) is 28.7. The molecule has 2 aromatic carbocycles. The van der Waals surface area contributed by atoms with Gasteiger partial charge in [-0.2, -0.15) is 0 Å². The van der Waals surface area contributed by atoms with Crippen LogP contribution in [-0.4, -0.2) is 62.7 Å². The van der Waals surface area contributed by atoms with Gasteiger partial charge in [-0.3, -0.25) is 13.9 Å². The molecule has 1 heterocycles. The molecule has 2 amide bonds. The molecule has 0 saturated heterocycles. The van der Waals surface area contributed by atoms with Gasteiger partial charge in [-0.1, -0.05) is 56.0 Å². The Balaban J connectivity index is 1.65. The molecule has 40 heavy (non-hydrogen) atoms. The summed E-state index contributed by atoms with van der Waals surface area (Å²) in [5, 5.41) is 3.60. The number of hydrogen-bond donors (Lipinski definition) is 1. The number of carbonyl (C=O) groups is 2. The van der Waals surface area contributed by atoms with E-state index in [9.17, 15) is 18.0 Å². The molecule has 1 saturated carbocycles. The van der Waals surface area contributed by atoms with Crippen LogP contribution in [0.15, 0.2) is 42.5 Å². The summed E-state index contributed by atoms with van der Waals surface area (Å²) in [5.41, 5.74) is 0.961. The molecule has 9 nitrogen and oxygen atoms in total. The number of sulfonamides is 1. The van der Waals surface area contributed by atoms with Gasteiger partial charge in [0.2, 0.25) is 21.8 Å². The molecular weight excluding hydrogens is 554 g/mol. The molecule has 218 valence electrons. The minimum absolute atomic E-state index is 0.0657. The Morgan fingerprint density at radius 2 is 1.73 bits per heavy atom. The number of nitrogens with one attached hydrogen (secondary N) is 1. The third-order valence-electron chi connectivity index (χ3n) is 7.43. The van der Waals surface area contributed by atoms with Crippen molar-refractivity contribution in [1.82, 2.24) is 10.2 Å². The number of hydrogen-bond acceptors (Lipinski definition) is 6. The first kappa shape index (κ1) is 30.0. The van der Waals surface area contributed by atoms with E-state index in [0.717, 1.165) is 36.4 Å². The second-order valence-electron chi connectivity index (χ2n) is 10.1. The van der Waals surface area contributed by atoms with E-state index >= 15 is 0 Å². The number of anilines is 1. The highest BCUT2D eigenvalue weighted by Crippen LogP contribution is 2.35. The molecular formula is C29H38ClN3O6S. The van der Waals surface area contributed by atoms with Crippen LogP contribution >= 0.6 is 11.6 Å². The van der Waals surface area contributed by atoms with Crippen LogP contribution in [-0.2, 0) is 26.2 Å². The lowest BCUT2D eigenvalue weighted by Crippen LogP contribution is -2.54. The van der Waals surface area contributed by atoms with Crippen molar-refractivity contribution in [2.45, 2.75) is 71.0 Å². The first-order chi connectivity index (χ1) is 19.2. The molecule has 1 atom stereocenters. The smallest absolute Gasteiger partial charge is 0.244 e. The van der Waals surface area contributed by atoms with Crippen LogP contribution in [0, 0.1) is 0 Å². The van der Waals surface area contributed by atoms with Gasteiger partial charge in [0.1, 0.15) is 25.8 Å². The van der Waals surface area contributed by atoms with Crippen molar-refractivity contribution in [1.29, 1.82) is 0 Å². The topological polar surface area (TPSA) is 105 Å². The van der Waals surface area contributed by atoms with Crippen LogP contribution < -0.4 is 19.1 Å². The summed E-state index contributed by atoms with van der Waals surface area (Å²) in [6.45, 7) is 3.71. The minimum Gasteiger partial charge on any atom is -0.486 e. The predicted octanol–water partition coefficient (Wildman–Crippen LogP) is 4.52.